The van der Waals surface area contributed by atoms with Crippen molar-refractivity contribution in [2.24, 2.45) is 5.92 Å². The average Bonchev–Trinajstić information content (AvgIpc) is 3.16. The number of aryl methyl sites for hydroxylation is 2. The van der Waals surface area contributed by atoms with E-state index < -0.39 is 12.1 Å². The first-order valence-corrected chi connectivity index (χ1v) is 10.5. The van der Waals surface area contributed by atoms with Crippen molar-refractivity contribution in [2.45, 2.75) is 33.7 Å². The van der Waals surface area contributed by atoms with Gasteiger partial charge in [0.25, 0.3) is 0 Å². The number of aromatic nitrogens is 2. The zero-order valence-electron chi connectivity index (χ0n) is 17.4. The third-order valence-corrected chi connectivity index (χ3v) is 5.47. The van der Waals surface area contributed by atoms with Crippen LogP contribution in [0.25, 0.3) is 10.6 Å². The maximum absolute atomic E-state index is 12.8. The average molecular weight is 424 g/mol. The molecular weight excluding hydrogens is 398 g/mol. The minimum Gasteiger partial charge on any atom is -0.326 e. The van der Waals surface area contributed by atoms with E-state index in [9.17, 15) is 9.59 Å². The van der Waals surface area contributed by atoms with Crippen LogP contribution in [-0.2, 0) is 4.79 Å². The third-order valence-electron chi connectivity index (χ3n) is 4.58. The molecule has 7 nitrogen and oxygen atoms in total. The van der Waals surface area contributed by atoms with E-state index in [2.05, 4.69) is 26.1 Å². The van der Waals surface area contributed by atoms with Crippen molar-refractivity contribution >= 4 is 34.1 Å². The van der Waals surface area contributed by atoms with Crippen LogP contribution in [-0.4, -0.2) is 28.2 Å². The van der Waals surface area contributed by atoms with Crippen molar-refractivity contribution in [1.29, 1.82) is 0 Å². The first-order chi connectivity index (χ1) is 14.3. The second-order valence-electron chi connectivity index (χ2n) is 7.40. The van der Waals surface area contributed by atoms with E-state index in [4.69, 9.17) is 0 Å². The van der Waals surface area contributed by atoms with Crippen LogP contribution in [0.4, 0.5) is 15.6 Å². The molecule has 30 heavy (non-hydrogen) atoms. The summed E-state index contributed by atoms with van der Waals surface area (Å²) in [5.41, 5.74) is 3.74. The maximum Gasteiger partial charge on any atom is 0.319 e. The molecule has 1 atom stereocenters. The number of rotatable bonds is 6. The summed E-state index contributed by atoms with van der Waals surface area (Å²) in [5.74, 6) is -0.450. The SMILES string of the molecule is Cc1ccc(-c2nnc(NC(=O)C(NC(=O)Nc3ccccc3C)C(C)C)s2)cc1. The Morgan fingerprint density at radius 3 is 2.30 bits per heavy atom. The smallest absolute Gasteiger partial charge is 0.319 e. The molecule has 0 saturated heterocycles. The number of para-hydroxylation sites is 1. The van der Waals surface area contributed by atoms with Gasteiger partial charge in [-0.15, -0.1) is 10.2 Å². The molecule has 3 aromatic rings. The Hall–Kier alpha value is -3.26. The van der Waals surface area contributed by atoms with E-state index in [1.54, 1.807) is 0 Å². The molecule has 0 bridgehead atoms. The van der Waals surface area contributed by atoms with E-state index in [0.29, 0.717) is 10.8 Å². The summed E-state index contributed by atoms with van der Waals surface area (Å²) >= 11 is 1.29. The van der Waals surface area contributed by atoms with Gasteiger partial charge in [-0.2, -0.15) is 0 Å². The molecule has 3 N–H and O–H groups in total. The van der Waals surface area contributed by atoms with Crippen LogP contribution in [0, 0.1) is 19.8 Å². The molecule has 0 spiro atoms. The van der Waals surface area contributed by atoms with Crippen LogP contribution in [0.2, 0.25) is 0 Å². The van der Waals surface area contributed by atoms with Gasteiger partial charge in [0.2, 0.25) is 11.0 Å². The van der Waals surface area contributed by atoms with Crippen molar-refractivity contribution in [3.8, 4) is 10.6 Å². The molecule has 156 valence electrons. The minimum atomic E-state index is -0.722. The number of nitrogens with one attached hydrogen (secondary N) is 3. The molecule has 0 radical (unpaired) electrons. The van der Waals surface area contributed by atoms with Crippen LogP contribution in [0.1, 0.15) is 25.0 Å². The van der Waals surface area contributed by atoms with E-state index in [1.807, 2.05) is 76.2 Å². The quantitative estimate of drug-likeness (QED) is 0.540. The molecule has 0 aliphatic heterocycles. The van der Waals surface area contributed by atoms with Gasteiger partial charge >= 0.3 is 6.03 Å². The lowest BCUT2D eigenvalue weighted by atomic mass is 10.0. The number of amides is 3. The summed E-state index contributed by atoms with van der Waals surface area (Å²) in [5, 5.41) is 17.6. The van der Waals surface area contributed by atoms with Gasteiger partial charge in [0.15, 0.2) is 0 Å². The molecule has 0 fully saturated rings. The van der Waals surface area contributed by atoms with Crippen LogP contribution in [0.5, 0.6) is 0 Å². The molecule has 3 rings (SSSR count). The predicted octanol–water partition coefficient (Wildman–Crippen LogP) is 4.61. The van der Waals surface area contributed by atoms with Crippen molar-refractivity contribution in [2.75, 3.05) is 10.6 Å². The highest BCUT2D eigenvalue weighted by Crippen LogP contribution is 2.26. The zero-order valence-corrected chi connectivity index (χ0v) is 18.2. The minimum absolute atomic E-state index is 0.114. The normalized spacial score (nSPS) is 11.8. The zero-order chi connectivity index (χ0) is 21.7. The monoisotopic (exact) mass is 423 g/mol. The number of carbonyl (C=O) groups excluding carboxylic acids is 2. The van der Waals surface area contributed by atoms with Crippen molar-refractivity contribution < 1.29 is 9.59 Å². The number of urea groups is 1. The number of benzene rings is 2. The first-order valence-electron chi connectivity index (χ1n) is 9.68. The van der Waals surface area contributed by atoms with Crippen molar-refractivity contribution in [3.05, 3.63) is 59.7 Å². The Labute approximate surface area is 179 Å². The van der Waals surface area contributed by atoms with Gasteiger partial charge in [-0.25, -0.2) is 4.79 Å². The molecule has 1 unspecified atom stereocenters. The van der Waals surface area contributed by atoms with Gasteiger partial charge in [-0.1, -0.05) is 73.2 Å². The predicted molar refractivity (Wildman–Crippen MR) is 121 cm³/mol. The van der Waals surface area contributed by atoms with Gasteiger partial charge in [0.1, 0.15) is 11.0 Å². The highest BCUT2D eigenvalue weighted by atomic mass is 32.1. The maximum atomic E-state index is 12.8. The van der Waals surface area contributed by atoms with Gasteiger partial charge in [-0.05, 0) is 31.4 Å². The van der Waals surface area contributed by atoms with E-state index >= 15 is 0 Å². The lowest BCUT2D eigenvalue weighted by Crippen LogP contribution is -2.48. The summed E-state index contributed by atoms with van der Waals surface area (Å²) in [7, 11) is 0. The first kappa shape index (κ1) is 21.4. The number of nitrogens with zero attached hydrogens (tertiary/aromatic N) is 2. The number of hydrogen-bond donors (Lipinski definition) is 3. The lowest BCUT2D eigenvalue weighted by Gasteiger charge is -2.21. The summed E-state index contributed by atoms with van der Waals surface area (Å²) in [6.45, 7) is 7.67. The molecule has 0 saturated carbocycles. The molecule has 0 aliphatic rings. The Morgan fingerprint density at radius 2 is 1.63 bits per heavy atom. The molecule has 2 aromatic carbocycles. The Balaban J connectivity index is 1.65. The fourth-order valence-corrected chi connectivity index (χ4v) is 3.57. The fraction of sp³-hybridized carbons (Fsp3) is 0.273. The summed E-state index contributed by atoms with van der Waals surface area (Å²) < 4.78 is 0. The summed E-state index contributed by atoms with van der Waals surface area (Å²) in [6.07, 6.45) is 0. The Bertz CT molecular complexity index is 1030. The molecule has 8 heteroatoms. The second-order valence-corrected chi connectivity index (χ2v) is 8.38. The number of hydrogen-bond acceptors (Lipinski definition) is 5. The summed E-state index contributed by atoms with van der Waals surface area (Å²) in [6, 6.07) is 14.2. The van der Waals surface area contributed by atoms with Gasteiger partial charge in [0, 0.05) is 11.3 Å². The Kier molecular flexibility index (Phi) is 6.79. The highest BCUT2D eigenvalue weighted by Gasteiger charge is 2.25. The third kappa shape index (κ3) is 5.42. The van der Waals surface area contributed by atoms with E-state index in [0.717, 1.165) is 21.7 Å². The van der Waals surface area contributed by atoms with Gasteiger partial charge in [0.05, 0.1) is 0 Å². The van der Waals surface area contributed by atoms with Crippen LogP contribution in [0.3, 0.4) is 0 Å². The van der Waals surface area contributed by atoms with E-state index in [-0.39, 0.29) is 11.8 Å². The fourth-order valence-electron chi connectivity index (χ4n) is 2.82. The van der Waals surface area contributed by atoms with Crippen LogP contribution < -0.4 is 16.0 Å². The van der Waals surface area contributed by atoms with Crippen LogP contribution in [0.15, 0.2) is 48.5 Å². The van der Waals surface area contributed by atoms with Crippen molar-refractivity contribution in [1.82, 2.24) is 15.5 Å². The molecular formula is C22H25N5O2S. The highest BCUT2D eigenvalue weighted by molar-refractivity contribution is 7.18. The van der Waals surface area contributed by atoms with E-state index in [1.165, 1.54) is 11.3 Å². The second kappa shape index (κ2) is 9.49. The number of anilines is 2. The number of carbonyl (C=O) groups is 2. The molecule has 1 heterocycles. The Morgan fingerprint density at radius 1 is 0.933 bits per heavy atom. The molecule has 1 aromatic heterocycles. The summed E-state index contributed by atoms with van der Waals surface area (Å²) in [4.78, 5) is 25.2. The van der Waals surface area contributed by atoms with Gasteiger partial charge in [-0.3, -0.25) is 10.1 Å². The topological polar surface area (TPSA) is 96.0 Å². The van der Waals surface area contributed by atoms with Crippen molar-refractivity contribution in [3.63, 3.8) is 0 Å². The largest absolute Gasteiger partial charge is 0.326 e. The molecule has 0 aliphatic carbocycles. The molecule has 3 amide bonds. The van der Waals surface area contributed by atoms with Crippen LogP contribution >= 0.6 is 11.3 Å². The lowest BCUT2D eigenvalue weighted by molar-refractivity contribution is -0.118. The standard InChI is InChI=1S/C22H25N5O2S/c1-13(2)18(24-21(29)23-17-8-6-5-7-15(17)4)19(28)25-22-27-26-20(30-22)16-11-9-14(3)10-12-16/h5-13,18H,1-4H3,(H2,23,24,29)(H,25,27,28). The van der Waals surface area contributed by atoms with Gasteiger partial charge < -0.3 is 10.6 Å².